The minimum Gasteiger partial charge on any atom is -0.492 e. The van der Waals surface area contributed by atoms with E-state index in [1.165, 1.54) is 6.33 Å². The van der Waals surface area contributed by atoms with Crippen molar-refractivity contribution in [3.05, 3.63) is 36.9 Å². The number of nitrogens with one attached hydrogen (secondary N) is 2. The summed E-state index contributed by atoms with van der Waals surface area (Å²) in [5, 5.41) is 10.4. The number of benzene rings is 1. The van der Waals surface area contributed by atoms with Gasteiger partial charge in [0.1, 0.15) is 25.0 Å². The number of carbonyl (C=O) groups excluding carboxylic acids is 1. The second-order valence-corrected chi connectivity index (χ2v) is 6.45. The van der Waals surface area contributed by atoms with E-state index in [1.807, 2.05) is 24.3 Å². The molecule has 2 heterocycles. The molecule has 3 rings (SSSR count). The molecular formula is C18H25N5O3. The molecular weight excluding hydrogens is 334 g/mol. The van der Waals surface area contributed by atoms with Crippen molar-refractivity contribution in [3.8, 4) is 5.75 Å². The van der Waals surface area contributed by atoms with Gasteiger partial charge in [0.15, 0.2) is 0 Å². The highest BCUT2D eigenvalue weighted by molar-refractivity contribution is 5.95. The standard InChI is InChI=1S/C18H25N5O3/c1-25-12-18(5-7-19-8-6-18)17(24)22-15-3-2-4-16(11-15)26-10-9-23-14-20-13-21-23/h2-4,11,13-14,19H,5-10,12H2,1H3,(H,22,24). The van der Waals surface area contributed by atoms with Crippen LogP contribution >= 0.6 is 0 Å². The Balaban J connectivity index is 1.59. The number of nitrogens with zero attached hydrogens (tertiary/aromatic N) is 3. The number of carbonyl (C=O) groups is 1. The van der Waals surface area contributed by atoms with Crippen LogP contribution in [0.3, 0.4) is 0 Å². The first-order chi connectivity index (χ1) is 12.7. The van der Waals surface area contributed by atoms with E-state index in [1.54, 1.807) is 18.1 Å². The molecule has 0 unspecified atom stereocenters. The highest BCUT2D eigenvalue weighted by atomic mass is 16.5. The van der Waals surface area contributed by atoms with Gasteiger partial charge in [-0.1, -0.05) is 6.07 Å². The molecule has 26 heavy (non-hydrogen) atoms. The van der Waals surface area contributed by atoms with E-state index in [0.717, 1.165) is 31.6 Å². The monoisotopic (exact) mass is 359 g/mol. The number of hydrogen-bond donors (Lipinski definition) is 2. The van der Waals surface area contributed by atoms with Gasteiger partial charge >= 0.3 is 0 Å². The molecule has 140 valence electrons. The molecule has 8 heteroatoms. The molecule has 1 amide bonds. The molecule has 0 aliphatic carbocycles. The van der Waals surface area contributed by atoms with Crippen molar-refractivity contribution in [2.75, 3.05) is 38.7 Å². The quantitative estimate of drug-likeness (QED) is 0.739. The normalized spacial score (nSPS) is 16.2. The zero-order valence-corrected chi connectivity index (χ0v) is 15.0. The fraction of sp³-hybridized carbons (Fsp3) is 0.500. The predicted octanol–water partition coefficient (Wildman–Crippen LogP) is 1.31. The Hall–Kier alpha value is -2.45. The summed E-state index contributed by atoms with van der Waals surface area (Å²) in [6.07, 6.45) is 4.67. The number of ether oxygens (including phenoxy) is 2. The summed E-state index contributed by atoms with van der Waals surface area (Å²) >= 11 is 0. The number of piperidine rings is 1. The molecule has 0 spiro atoms. The van der Waals surface area contributed by atoms with E-state index in [2.05, 4.69) is 20.7 Å². The van der Waals surface area contributed by atoms with Gasteiger partial charge in [-0.2, -0.15) is 5.10 Å². The second kappa shape index (κ2) is 8.77. The third-order valence-electron chi connectivity index (χ3n) is 4.61. The van der Waals surface area contributed by atoms with Gasteiger partial charge in [0.05, 0.1) is 18.6 Å². The minimum absolute atomic E-state index is 0.000570. The SMILES string of the molecule is COCC1(C(=O)Nc2cccc(OCCn3cncn3)c2)CCNCC1. The van der Waals surface area contributed by atoms with Crippen LogP contribution in [0.15, 0.2) is 36.9 Å². The first-order valence-corrected chi connectivity index (χ1v) is 8.78. The fourth-order valence-corrected chi connectivity index (χ4v) is 3.15. The van der Waals surface area contributed by atoms with E-state index in [0.29, 0.717) is 25.5 Å². The van der Waals surface area contributed by atoms with Crippen molar-refractivity contribution in [3.63, 3.8) is 0 Å². The number of rotatable bonds is 8. The van der Waals surface area contributed by atoms with Crippen molar-refractivity contribution in [1.82, 2.24) is 20.1 Å². The predicted molar refractivity (Wildman–Crippen MR) is 97.0 cm³/mol. The first-order valence-electron chi connectivity index (χ1n) is 8.78. The number of anilines is 1. The van der Waals surface area contributed by atoms with Crippen LogP contribution in [-0.4, -0.2) is 54.1 Å². The van der Waals surface area contributed by atoms with Crippen LogP contribution in [0.25, 0.3) is 0 Å². The highest BCUT2D eigenvalue weighted by Gasteiger charge is 2.39. The Morgan fingerprint density at radius 3 is 2.96 bits per heavy atom. The number of amides is 1. The third kappa shape index (κ3) is 4.59. The molecule has 1 aromatic heterocycles. The number of aromatic nitrogens is 3. The smallest absolute Gasteiger partial charge is 0.233 e. The van der Waals surface area contributed by atoms with E-state index < -0.39 is 5.41 Å². The lowest BCUT2D eigenvalue weighted by molar-refractivity contribution is -0.130. The lowest BCUT2D eigenvalue weighted by atomic mass is 9.78. The maximum atomic E-state index is 12.9. The Morgan fingerprint density at radius 1 is 1.38 bits per heavy atom. The van der Waals surface area contributed by atoms with Gasteiger partial charge in [-0.05, 0) is 38.1 Å². The average molecular weight is 359 g/mol. The highest BCUT2D eigenvalue weighted by Crippen LogP contribution is 2.31. The molecule has 8 nitrogen and oxygen atoms in total. The summed E-state index contributed by atoms with van der Waals surface area (Å²) in [5.41, 5.74) is 0.242. The maximum Gasteiger partial charge on any atom is 0.233 e. The van der Waals surface area contributed by atoms with E-state index in [4.69, 9.17) is 9.47 Å². The van der Waals surface area contributed by atoms with Crippen molar-refractivity contribution in [2.24, 2.45) is 5.41 Å². The summed E-state index contributed by atoms with van der Waals surface area (Å²) in [6.45, 7) is 3.15. The Morgan fingerprint density at radius 2 is 2.23 bits per heavy atom. The summed E-state index contributed by atoms with van der Waals surface area (Å²) in [4.78, 5) is 16.8. The summed E-state index contributed by atoms with van der Waals surface area (Å²) in [5.74, 6) is 0.703. The van der Waals surface area contributed by atoms with E-state index >= 15 is 0 Å². The third-order valence-corrected chi connectivity index (χ3v) is 4.61. The van der Waals surface area contributed by atoms with Crippen molar-refractivity contribution in [1.29, 1.82) is 0 Å². The molecule has 1 aliphatic heterocycles. The van der Waals surface area contributed by atoms with Gasteiger partial charge in [-0.3, -0.25) is 4.79 Å². The van der Waals surface area contributed by atoms with Crippen LogP contribution in [0, 0.1) is 5.41 Å². The Labute approximate surface area is 152 Å². The van der Waals surface area contributed by atoms with Crippen molar-refractivity contribution < 1.29 is 14.3 Å². The fourth-order valence-electron chi connectivity index (χ4n) is 3.15. The molecule has 1 aromatic carbocycles. The molecule has 0 saturated carbocycles. The molecule has 0 bridgehead atoms. The van der Waals surface area contributed by atoms with E-state index in [-0.39, 0.29) is 5.91 Å². The van der Waals surface area contributed by atoms with Crippen LogP contribution < -0.4 is 15.4 Å². The maximum absolute atomic E-state index is 12.9. The average Bonchev–Trinajstić information content (AvgIpc) is 3.16. The van der Waals surface area contributed by atoms with Gasteiger partial charge in [0.2, 0.25) is 5.91 Å². The van der Waals surface area contributed by atoms with E-state index in [9.17, 15) is 4.79 Å². The zero-order chi connectivity index (χ0) is 18.2. The largest absolute Gasteiger partial charge is 0.492 e. The molecule has 1 fully saturated rings. The zero-order valence-electron chi connectivity index (χ0n) is 15.0. The Bertz CT molecular complexity index is 693. The Kier molecular flexibility index (Phi) is 6.19. The molecule has 2 aromatic rings. The van der Waals surface area contributed by atoms with Gasteiger partial charge in [-0.25, -0.2) is 9.67 Å². The number of methoxy groups -OCH3 is 1. The summed E-state index contributed by atoms with van der Waals surface area (Å²) < 4.78 is 12.8. The molecule has 2 N–H and O–H groups in total. The topological polar surface area (TPSA) is 90.3 Å². The molecule has 0 radical (unpaired) electrons. The first kappa shape index (κ1) is 18.3. The minimum atomic E-state index is -0.482. The second-order valence-electron chi connectivity index (χ2n) is 6.45. The lowest BCUT2D eigenvalue weighted by Gasteiger charge is -2.35. The number of hydrogen-bond acceptors (Lipinski definition) is 6. The summed E-state index contributed by atoms with van der Waals surface area (Å²) in [7, 11) is 1.64. The van der Waals surface area contributed by atoms with Gasteiger partial charge in [0, 0.05) is 18.9 Å². The van der Waals surface area contributed by atoms with Gasteiger partial charge in [-0.15, -0.1) is 0 Å². The van der Waals surface area contributed by atoms with Crippen LogP contribution in [0.4, 0.5) is 5.69 Å². The van der Waals surface area contributed by atoms with Crippen LogP contribution in [-0.2, 0) is 16.1 Å². The molecule has 1 aliphatic rings. The van der Waals surface area contributed by atoms with Crippen molar-refractivity contribution >= 4 is 11.6 Å². The van der Waals surface area contributed by atoms with Crippen molar-refractivity contribution in [2.45, 2.75) is 19.4 Å². The van der Waals surface area contributed by atoms with Crippen LogP contribution in [0.5, 0.6) is 5.75 Å². The van der Waals surface area contributed by atoms with Crippen LogP contribution in [0.2, 0.25) is 0 Å². The van der Waals surface area contributed by atoms with Gasteiger partial charge in [0.25, 0.3) is 0 Å². The molecule has 0 atom stereocenters. The summed E-state index contributed by atoms with van der Waals surface area (Å²) in [6, 6.07) is 7.43. The lowest BCUT2D eigenvalue weighted by Crippen LogP contribution is -2.47. The van der Waals surface area contributed by atoms with Gasteiger partial charge < -0.3 is 20.1 Å². The molecule has 1 saturated heterocycles. The van der Waals surface area contributed by atoms with Crippen LogP contribution in [0.1, 0.15) is 12.8 Å².